The topological polar surface area (TPSA) is 158 Å². The van der Waals surface area contributed by atoms with E-state index in [1.165, 1.54) is 21.1 Å². The predicted octanol–water partition coefficient (Wildman–Crippen LogP) is 2.20. The Morgan fingerprint density at radius 3 is 1.95 bits per heavy atom. The Bertz CT molecular complexity index is 916. The molecule has 0 aliphatic carbocycles. The number of ether oxygens (including phenoxy) is 4. The van der Waals surface area contributed by atoms with Gasteiger partial charge < -0.3 is 34.9 Å². The quantitative estimate of drug-likeness (QED) is 0.276. The van der Waals surface area contributed by atoms with Gasteiger partial charge in [0.25, 0.3) is 0 Å². The van der Waals surface area contributed by atoms with Crippen molar-refractivity contribution in [3.63, 3.8) is 0 Å². The second kappa shape index (κ2) is 15.3. The number of hydrogen-bond acceptors (Lipinski definition) is 9. The molecule has 0 aromatic heterocycles. The van der Waals surface area contributed by atoms with Gasteiger partial charge in [-0.25, -0.2) is 19.2 Å². The fraction of sp³-hybridized carbons (Fsp3) is 0.560. The van der Waals surface area contributed by atoms with Gasteiger partial charge in [0.15, 0.2) is 0 Å². The van der Waals surface area contributed by atoms with Crippen molar-refractivity contribution < 1.29 is 42.9 Å². The lowest BCUT2D eigenvalue weighted by Gasteiger charge is -2.23. The Balaban J connectivity index is 2.83. The maximum Gasteiger partial charge on any atom is 0.408 e. The number of amides is 3. The summed E-state index contributed by atoms with van der Waals surface area (Å²) in [5.41, 5.74) is -0.0130. The molecule has 3 atom stereocenters. The Morgan fingerprint density at radius 1 is 0.811 bits per heavy atom. The van der Waals surface area contributed by atoms with E-state index in [1.807, 2.05) is 6.07 Å². The molecule has 0 fully saturated rings. The molecule has 0 radical (unpaired) electrons. The molecule has 1 aromatic rings. The van der Waals surface area contributed by atoms with E-state index in [0.29, 0.717) is 0 Å². The van der Waals surface area contributed by atoms with Crippen LogP contribution in [0.3, 0.4) is 0 Å². The van der Waals surface area contributed by atoms with Crippen molar-refractivity contribution in [2.24, 2.45) is 0 Å². The van der Waals surface area contributed by atoms with Gasteiger partial charge >= 0.3 is 24.1 Å². The van der Waals surface area contributed by atoms with Crippen molar-refractivity contribution in [3.05, 3.63) is 35.9 Å². The van der Waals surface area contributed by atoms with Gasteiger partial charge in [-0.05, 0) is 52.5 Å². The number of rotatable bonds is 12. The number of nitrogens with one attached hydrogen (secondary N) is 3. The van der Waals surface area contributed by atoms with E-state index in [9.17, 15) is 24.0 Å². The molecule has 0 aliphatic rings. The number of carbonyl (C=O) groups is 5. The maximum absolute atomic E-state index is 12.8. The highest BCUT2D eigenvalue weighted by molar-refractivity contribution is 5.89. The molecule has 0 aliphatic heterocycles. The van der Waals surface area contributed by atoms with Crippen LogP contribution in [0.5, 0.6) is 0 Å². The molecule has 0 heterocycles. The van der Waals surface area contributed by atoms with E-state index < -0.39 is 53.8 Å². The van der Waals surface area contributed by atoms with E-state index in [-0.39, 0.29) is 25.9 Å². The number of hydrogen-bond donors (Lipinski definition) is 3. The van der Waals surface area contributed by atoms with Crippen molar-refractivity contribution in [1.29, 1.82) is 0 Å². The number of alkyl carbamates (subject to hydrolysis) is 2. The molecule has 0 spiro atoms. The third-order valence-electron chi connectivity index (χ3n) is 4.90. The van der Waals surface area contributed by atoms with Crippen LogP contribution in [0.15, 0.2) is 30.3 Å². The molecule has 206 valence electrons. The average Bonchev–Trinajstić information content (AvgIpc) is 2.84. The van der Waals surface area contributed by atoms with Gasteiger partial charge in [0.05, 0.1) is 14.2 Å². The first-order valence-corrected chi connectivity index (χ1v) is 11.8. The Morgan fingerprint density at radius 2 is 1.38 bits per heavy atom. The lowest BCUT2D eigenvalue weighted by atomic mass is 10.0. The van der Waals surface area contributed by atoms with Gasteiger partial charge in [-0.15, -0.1) is 0 Å². The van der Waals surface area contributed by atoms with Crippen LogP contribution in [0.4, 0.5) is 9.59 Å². The molecule has 1 rings (SSSR count). The summed E-state index contributed by atoms with van der Waals surface area (Å²) in [5, 5.41) is 7.41. The maximum atomic E-state index is 12.8. The molecular weight excluding hydrogens is 486 g/mol. The highest BCUT2D eigenvalue weighted by atomic mass is 16.6. The normalized spacial score (nSPS) is 13.2. The molecule has 12 heteroatoms. The van der Waals surface area contributed by atoms with E-state index >= 15 is 0 Å². The number of esters is 2. The molecular formula is C25H37N3O9. The van der Waals surface area contributed by atoms with E-state index in [1.54, 1.807) is 45.0 Å². The van der Waals surface area contributed by atoms with Crippen LogP contribution in [0.2, 0.25) is 0 Å². The largest absolute Gasteiger partial charge is 0.467 e. The van der Waals surface area contributed by atoms with Gasteiger partial charge in [-0.1, -0.05) is 30.3 Å². The summed E-state index contributed by atoms with van der Waals surface area (Å²) in [4.78, 5) is 61.2. The number of carbonyl (C=O) groups excluding carboxylic acids is 5. The van der Waals surface area contributed by atoms with Gasteiger partial charge in [-0.3, -0.25) is 4.79 Å². The summed E-state index contributed by atoms with van der Waals surface area (Å²) in [6.45, 7) is 6.47. The Hall–Kier alpha value is -3.83. The van der Waals surface area contributed by atoms with Gasteiger partial charge in [-0.2, -0.15) is 0 Å². The summed E-state index contributed by atoms with van der Waals surface area (Å²) in [5.74, 6) is -2.00. The fourth-order valence-corrected chi connectivity index (χ4v) is 3.09. The van der Waals surface area contributed by atoms with Crippen molar-refractivity contribution >= 4 is 30.0 Å². The summed E-state index contributed by atoms with van der Waals surface area (Å²) in [6.07, 6.45) is -1.29. The third kappa shape index (κ3) is 12.6. The first-order valence-electron chi connectivity index (χ1n) is 11.8. The second-order valence-electron chi connectivity index (χ2n) is 9.16. The molecule has 0 bridgehead atoms. The van der Waals surface area contributed by atoms with Gasteiger partial charge in [0.2, 0.25) is 5.91 Å². The standard InChI is InChI=1S/C25H37N3O9/c1-16(21(30)34-5)26-20(29)18(27-23(32)36-15-17-11-8-7-9-12-17)13-10-14-19(22(31)35-6)28-24(33)37-25(2,3)4/h7-9,11-12,16,18-19H,10,13-15H2,1-6H3,(H,26,29)(H,27,32)(H,28,33)/t16-,18-,19?/m0/s1. The second-order valence-corrected chi connectivity index (χ2v) is 9.16. The lowest BCUT2D eigenvalue weighted by molar-refractivity contribution is -0.145. The summed E-state index contributed by atoms with van der Waals surface area (Å²) in [7, 11) is 2.37. The molecule has 3 N–H and O–H groups in total. The minimum Gasteiger partial charge on any atom is -0.467 e. The molecule has 37 heavy (non-hydrogen) atoms. The lowest BCUT2D eigenvalue weighted by Crippen LogP contribution is -2.51. The zero-order valence-corrected chi connectivity index (χ0v) is 22.1. The molecule has 12 nitrogen and oxygen atoms in total. The van der Waals surface area contributed by atoms with Crippen LogP contribution in [-0.4, -0.2) is 68.0 Å². The minimum absolute atomic E-state index is 0.0101. The van der Waals surface area contributed by atoms with Crippen LogP contribution in [0.25, 0.3) is 0 Å². The first kappa shape index (κ1) is 31.2. The zero-order chi connectivity index (χ0) is 28.0. The number of benzene rings is 1. The average molecular weight is 524 g/mol. The van der Waals surface area contributed by atoms with Gasteiger partial charge in [0.1, 0.15) is 30.3 Å². The van der Waals surface area contributed by atoms with Crippen molar-refractivity contribution in [3.8, 4) is 0 Å². The highest BCUT2D eigenvalue weighted by Crippen LogP contribution is 2.11. The summed E-state index contributed by atoms with van der Waals surface area (Å²) in [6, 6.07) is 5.87. The van der Waals surface area contributed by atoms with Crippen LogP contribution in [-0.2, 0) is 39.9 Å². The Labute approximate surface area is 216 Å². The Kier molecular flexibility index (Phi) is 12.9. The highest BCUT2D eigenvalue weighted by Gasteiger charge is 2.28. The van der Waals surface area contributed by atoms with Crippen LogP contribution < -0.4 is 16.0 Å². The van der Waals surface area contributed by atoms with E-state index in [0.717, 1.165) is 5.56 Å². The number of methoxy groups -OCH3 is 2. The van der Waals surface area contributed by atoms with Crippen molar-refractivity contribution in [2.75, 3.05) is 14.2 Å². The van der Waals surface area contributed by atoms with Crippen molar-refractivity contribution in [1.82, 2.24) is 16.0 Å². The SMILES string of the molecule is COC(=O)C(CCC[C@H](NC(=O)OCc1ccccc1)C(=O)N[C@@H](C)C(=O)OC)NC(=O)OC(C)(C)C. The molecule has 1 aromatic carbocycles. The zero-order valence-electron chi connectivity index (χ0n) is 22.1. The third-order valence-corrected chi connectivity index (χ3v) is 4.90. The van der Waals surface area contributed by atoms with Crippen molar-refractivity contribution in [2.45, 2.75) is 77.3 Å². The predicted molar refractivity (Wildman–Crippen MR) is 132 cm³/mol. The minimum atomic E-state index is -1.10. The first-order chi connectivity index (χ1) is 17.4. The van der Waals surface area contributed by atoms with Crippen LogP contribution in [0, 0.1) is 0 Å². The van der Waals surface area contributed by atoms with E-state index in [4.69, 9.17) is 14.2 Å². The van der Waals surface area contributed by atoms with Crippen LogP contribution in [0.1, 0.15) is 52.5 Å². The molecule has 1 unspecified atom stereocenters. The van der Waals surface area contributed by atoms with Gasteiger partial charge in [0, 0.05) is 0 Å². The van der Waals surface area contributed by atoms with Crippen LogP contribution >= 0.6 is 0 Å². The summed E-state index contributed by atoms with van der Waals surface area (Å²) >= 11 is 0. The monoisotopic (exact) mass is 523 g/mol. The smallest absolute Gasteiger partial charge is 0.408 e. The molecule has 0 saturated heterocycles. The fourth-order valence-electron chi connectivity index (χ4n) is 3.09. The molecule has 0 saturated carbocycles. The molecule has 3 amide bonds. The van der Waals surface area contributed by atoms with E-state index in [2.05, 4.69) is 20.7 Å². The summed E-state index contributed by atoms with van der Waals surface area (Å²) < 4.78 is 19.7.